The molecule has 0 saturated carbocycles. The molecule has 2 aromatic carbocycles. The molecule has 0 unspecified atom stereocenters. The van der Waals surface area contributed by atoms with E-state index < -0.39 is 11.6 Å². The molecule has 0 aliphatic heterocycles. The van der Waals surface area contributed by atoms with Gasteiger partial charge in [0, 0.05) is 4.47 Å². The first kappa shape index (κ1) is 13.7. The number of hydrogen-bond donors (Lipinski definition) is 0. The highest BCUT2D eigenvalue weighted by atomic mass is 79.9. The quantitative estimate of drug-likeness (QED) is 0.794. The molecule has 2 nitrogen and oxygen atoms in total. The number of aryl methyl sites for hydroxylation is 1. The Morgan fingerprint density at radius 1 is 1.21 bits per heavy atom. The lowest BCUT2D eigenvalue weighted by Gasteiger charge is -2.10. The van der Waals surface area contributed by atoms with Crippen molar-refractivity contribution in [2.24, 2.45) is 0 Å². The van der Waals surface area contributed by atoms with Gasteiger partial charge in [-0.05, 0) is 36.8 Å². The summed E-state index contributed by atoms with van der Waals surface area (Å²) in [6, 6.07) is 9.31. The Morgan fingerprint density at radius 3 is 2.53 bits per heavy atom. The smallest absolute Gasteiger partial charge is 0.199 e. The summed E-state index contributed by atoms with van der Waals surface area (Å²) < 4.78 is 19.7. The van der Waals surface area contributed by atoms with Crippen LogP contribution in [0.5, 0.6) is 5.75 Å². The van der Waals surface area contributed by atoms with Crippen LogP contribution in [0.2, 0.25) is 0 Å². The zero-order valence-electron chi connectivity index (χ0n) is 10.5. The van der Waals surface area contributed by atoms with E-state index in [1.807, 2.05) is 6.92 Å². The summed E-state index contributed by atoms with van der Waals surface area (Å²) in [5.74, 6) is -0.490. The molecule has 98 valence electrons. The lowest BCUT2D eigenvalue weighted by atomic mass is 10.0. The molecule has 0 atom stereocenters. The molecule has 0 radical (unpaired) electrons. The van der Waals surface area contributed by atoms with Gasteiger partial charge >= 0.3 is 0 Å². The second-order valence-electron chi connectivity index (χ2n) is 4.11. The fourth-order valence-electron chi connectivity index (χ4n) is 1.79. The van der Waals surface area contributed by atoms with E-state index in [1.54, 1.807) is 24.3 Å². The van der Waals surface area contributed by atoms with Crippen LogP contribution in [-0.4, -0.2) is 12.9 Å². The Balaban J connectivity index is 2.56. The molecule has 0 aromatic heterocycles. The maximum Gasteiger partial charge on any atom is 0.199 e. The minimum absolute atomic E-state index is 0.0385. The molecule has 0 aliphatic carbocycles. The van der Waals surface area contributed by atoms with Gasteiger partial charge in [0.05, 0.1) is 18.2 Å². The van der Waals surface area contributed by atoms with Crippen molar-refractivity contribution < 1.29 is 13.9 Å². The number of ketones is 1. The average molecular weight is 323 g/mol. The Bertz CT molecular complexity index is 638. The first-order valence-electron chi connectivity index (χ1n) is 5.68. The summed E-state index contributed by atoms with van der Waals surface area (Å²) in [6.07, 6.45) is 0. The van der Waals surface area contributed by atoms with Crippen LogP contribution in [0.3, 0.4) is 0 Å². The molecule has 0 aliphatic rings. The Kier molecular flexibility index (Phi) is 4.00. The van der Waals surface area contributed by atoms with E-state index in [-0.39, 0.29) is 5.56 Å². The summed E-state index contributed by atoms with van der Waals surface area (Å²) in [6.45, 7) is 1.89. The van der Waals surface area contributed by atoms with Crippen LogP contribution in [0.15, 0.2) is 40.9 Å². The summed E-state index contributed by atoms with van der Waals surface area (Å²) in [5, 5.41) is 0. The van der Waals surface area contributed by atoms with Crippen molar-refractivity contribution >= 4 is 21.7 Å². The number of methoxy groups -OCH3 is 1. The van der Waals surface area contributed by atoms with Crippen molar-refractivity contribution in [3.05, 3.63) is 63.4 Å². The lowest BCUT2D eigenvalue weighted by Crippen LogP contribution is -2.06. The average Bonchev–Trinajstić information content (AvgIpc) is 2.41. The van der Waals surface area contributed by atoms with Crippen molar-refractivity contribution in [3.63, 3.8) is 0 Å². The van der Waals surface area contributed by atoms with Gasteiger partial charge in [0.25, 0.3) is 0 Å². The fourth-order valence-corrected chi connectivity index (χ4v) is 2.14. The fraction of sp³-hybridized carbons (Fsp3) is 0.133. The molecule has 0 saturated heterocycles. The zero-order chi connectivity index (χ0) is 14.0. The Labute approximate surface area is 119 Å². The lowest BCUT2D eigenvalue weighted by molar-refractivity contribution is 0.103. The molecule has 19 heavy (non-hydrogen) atoms. The minimum Gasteiger partial charge on any atom is -0.496 e. The van der Waals surface area contributed by atoms with Crippen LogP contribution in [0, 0.1) is 12.7 Å². The molecule has 0 N–H and O–H groups in total. The molecule has 2 rings (SSSR count). The van der Waals surface area contributed by atoms with E-state index in [0.29, 0.717) is 11.3 Å². The minimum atomic E-state index is -0.536. The molecular weight excluding hydrogens is 311 g/mol. The van der Waals surface area contributed by atoms with Crippen LogP contribution in [-0.2, 0) is 0 Å². The van der Waals surface area contributed by atoms with Gasteiger partial charge in [-0.25, -0.2) is 4.39 Å². The Hall–Kier alpha value is -1.68. The number of ether oxygens (including phenoxy) is 1. The van der Waals surface area contributed by atoms with Crippen molar-refractivity contribution in [1.82, 2.24) is 0 Å². The number of hydrogen-bond acceptors (Lipinski definition) is 2. The van der Waals surface area contributed by atoms with E-state index in [9.17, 15) is 9.18 Å². The van der Waals surface area contributed by atoms with Gasteiger partial charge < -0.3 is 4.74 Å². The van der Waals surface area contributed by atoms with E-state index in [0.717, 1.165) is 10.0 Å². The second kappa shape index (κ2) is 5.53. The van der Waals surface area contributed by atoms with Crippen molar-refractivity contribution in [2.45, 2.75) is 6.92 Å². The van der Waals surface area contributed by atoms with Gasteiger partial charge in [0.1, 0.15) is 11.6 Å². The molecule has 4 heteroatoms. The zero-order valence-corrected chi connectivity index (χ0v) is 12.1. The van der Waals surface area contributed by atoms with E-state index in [2.05, 4.69) is 15.9 Å². The van der Waals surface area contributed by atoms with Gasteiger partial charge in [-0.3, -0.25) is 4.79 Å². The third-order valence-electron chi connectivity index (χ3n) is 2.84. The standard InChI is InChI=1S/C15H12BrFO2/c1-9-7-14(19-2)11(8-12(9)16)15(18)10-5-3-4-6-13(10)17/h3-8H,1-2H3. The van der Waals surface area contributed by atoms with E-state index in [1.165, 1.54) is 19.2 Å². The second-order valence-corrected chi connectivity index (χ2v) is 4.96. The highest BCUT2D eigenvalue weighted by molar-refractivity contribution is 9.10. The number of halogens is 2. The van der Waals surface area contributed by atoms with Crippen LogP contribution in [0.4, 0.5) is 4.39 Å². The molecule has 0 fully saturated rings. The predicted octanol–water partition coefficient (Wildman–Crippen LogP) is 4.14. The summed E-state index contributed by atoms with van der Waals surface area (Å²) in [4.78, 5) is 12.4. The largest absolute Gasteiger partial charge is 0.496 e. The Morgan fingerprint density at radius 2 is 1.89 bits per heavy atom. The number of rotatable bonds is 3. The van der Waals surface area contributed by atoms with Crippen molar-refractivity contribution in [2.75, 3.05) is 7.11 Å². The summed E-state index contributed by atoms with van der Waals surface area (Å²) >= 11 is 3.37. The SMILES string of the molecule is COc1cc(C)c(Br)cc1C(=O)c1ccccc1F. The van der Waals surface area contributed by atoms with Crippen LogP contribution < -0.4 is 4.74 Å². The van der Waals surface area contributed by atoms with Crippen molar-refractivity contribution in [1.29, 1.82) is 0 Å². The van der Waals surface area contributed by atoms with E-state index >= 15 is 0 Å². The normalized spacial score (nSPS) is 10.3. The third kappa shape index (κ3) is 2.68. The molecule has 0 bridgehead atoms. The molecular formula is C15H12BrFO2. The van der Waals surface area contributed by atoms with Crippen LogP contribution in [0.1, 0.15) is 21.5 Å². The van der Waals surface area contributed by atoms with Gasteiger partial charge in [0.2, 0.25) is 0 Å². The first-order valence-corrected chi connectivity index (χ1v) is 6.47. The topological polar surface area (TPSA) is 26.3 Å². The molecule has 0 spiro atoms. The summed E-state index contributed by atoms with van der Waals surface area (Å²) in [5.41, 5.74) is 1.32. The predicted molar refractivity (Wildman–Crippen MR) is 75.3 cm³/mol. The van der Waals surface area contributed by atoms with Crippen LogP contribution >= 0.6 is 15.9 Å². The van der Waals surface area contributed by atoms with Gasteiger partial charge in [-0.2, -0.15) is 0 Å². The van der Waals surface area contributed by atoms with Gasteiger partial charge in [-0.15, -0.1) is 0 Å². The van der Waals surface area contributed by atoms with Crippen molar-refractivity contribution in [3.8, 4) is 5.75 Å². The highest BCUT2D eigenvalue weighted by Crippen LogP contribution is 2.29. The number of carbonyl (C=O) groups is 1. The number of carbonyl (C=O) groups excluding carboxylic acids is 1. The van der Waals surface area contributed by atoms with Gasteiger partial charge in [0.15, 0.2) is 5.78 Å². The maximum absolute atomic E-state index is 13.7. The highest BCUT2D eigenvalue weighted by Gasteiger charge is 2.18. The monoisotopic (exact) mass is 322 g/mol. The maximum atomic E-state index is 13.7. The van der Waals surface area contributed by atoms with Gasteiger partial charge in [-0.1, -0.05) is 28.1 Å². The molecule has 0 heterocycles. The molecule has 0 amide bonds. The van der Waals surface area contributed by atoms with E-state index in [4.69, 9.17) is 4.74 Å². The van der Waals surface area contributed by atoms with Crippen LogP contribution in [0.25, 0.3) is 0 Å². The number of benzene rings is 2. The third-order valence-corrected chi connectivity index (χ3v) is 3.70. The first-order chi connectivity index (χ1) is 9.04. The molecule has 2 aromatic rings. The summed E-state index contributed by atoms with van der Waals surface area (Å²) in [7, 11) is 1.49.